The Hall–Kier alpha value is -0.860. The highest BCUT2D eigenvalue weighted by Crippen LogP contribution is 2.35. The fourth-order valence-corrected chi connectivity index (χ4v) is 2.88. The van der Waals surface area contributed by atoms with Crippen LogP contribution in [-0.2, 0) is 19.1 Å². The molecular weight excluding hydrogens is 238 g/mol. The Morgan fingerprint density at radius 3 is 2.75 bits per heavy atom. The van der Waals surface area contributed by atoms with Gasteiger partial charge in [0.1, 0.15) is 12.2 Å². The number of rotatable bonds is 3. The van der Waals surface area contributed by atoms with Gasteiger partial charge in [-0.05, 0) is 0 Å². The lowest BCUT2D eigenvalue weighted by molar-refractivity contribution is -0.769. The molecule has 90 valence electrons. The molecule has 0 spiro atoms. The van der Waals surface area contributed by atoms with E-state index in [1.54, 1.807) is 0 Å². The Bertz CT molecular complexity index is 281. The van der Waals surface area contributed by atoms with Crippen LogP contribution in [0.25, 0.3) is 0 Å². The zero-order chi connectivity index (χ0) is 11.7. The smallest absolute Gasteiger partial charge is 0.294 e. The summed E-state index contributed by atoms with van der Waals surface area (Å²) in [6.07, 6.45) is -1.42. The van der Waals surface area contributed by atoms with Crippen LogP contribution in [0.5, 0.6) is 0 Å². The predicted octanol–water partition coefficient (Wildman–Crippen LogP) is 0.00920. The molecule has 0 bridgehead atoms. The van der Waals surface area contributed by atoms with Gasteiger partial charge >= 0.3 is 0 Å². The van der Waals surface area contributed by atoms with Gasteiger partial charge in [0.15, 0.2) is 11.2 Å². The van der Waals surface area contributed by atoms with Gasteiger partial charge in [-0.15, -0.1) is 10.1 Å². The first-order valence-electron chi connectivity index (χ1n) is 4.79. The quantitative estimate of drug-likeness (QED) is 0.514. The molecule has 8 heteroatoms. The first kappa shape index (κ1) is 11.6. The second kappa shape index (κ2) is 4.56. The zero-order valence-electron chi connectivity index (χ0n) is 8.53. The second-order valence-electron chi connectivity index (χ2n) is 3.61. The molecule has 0 radical (unpaired) electrons. The molecule has 4 atom stereocenters. The summed E-state index contributed by atoms with van der Waals surface area (Å²) >= 11 is 1.15. The molecule has 0 aromatic heterocycles. The number of nitrogens with zero attached hydrogens (tertiary/aromatic N) is 1. The van der Waals surface area contributed by atoms with Crippen molar-refractivity contribution >= 4 is 16.9 Å². The number of hydrogen-bond donors (Lipinski definition) is 0. The van der Waals surface area contributed by atoms with E-state index in [4.69, 9.17) is 9.47 Å². The molecule has 2 aliphatic rings. The molecule has 0 saturated carbocycles. The molecule has 0 aromatic carbocycles. The number of carbonyl (C=O) groups excluding carboxylic acids is 1. The lowest BCUT2D eigenvalue weighted by atomic mass is 10.1. The third-order valence-electron chi connectivity index (χ3n) is 2.50. The highest BCUT2D eigenvalue weighted by atomic mass is 32.2. The normalized spacial score (nSPS) is 37.1. The van der Waals surface area contributed by atoms with Gasteiger partial charge in [0, 0.05) is 6.92 Å². The summed E-state index contributed by atoms with van der Waals surface area (Å²) in [5.74, 6) is 0. The van der Waals surface area contributed by atoms with Gasteiger partial charge in [-0.3, -0.25) is 4.79 Å². The summed E-state index contributed by atoms with van der Waals surface area (Å²) in [5.41, 5.74) is 0. The molecule has 0 N–H and O–H groups in total. The lowest BCUT2D eigenvalue weighted by Gasteiger charge is -2.14. The number of carbonyl (C=O) groups is 1. The molecule has 0 aliphatic carbocycles. The topological polar surface area (TPSA) is 87.9 Å². The van der Waals surface area contributed by atoms with E-state index in [0.717, 1.165) is 11.8 Å². The SMILES string of the molecule is CC(=O)S[C@@H]1CO[C@H]2[C@@H]1OC[C@H]2O[N+](=O)[O-]. The highest BCUT2D eigenvalue weighted by Gasteiger charge is 2.49. The van der Waals surface area contributed by atoms with E-state index in [0.29, 0.717) is 6.61 Å². The highest BCUT2D eigenvalue weighted by molar-refractivity contribution is 8.14. The monoisotopic (exact) mass is 249 g/mol. The van der Waals surface area contributed by atoms with Gasteiger partial charge in [0.2, 0.25) is 0 Å². The Balaban J connectivity index is 1.95. The van der Waals surface area contributed by atoms with Crippen molar-refractivity contribution in [2.24, 2.45) is 0 Å². The third kappa shape index (κ3) is 2.28. The molecule has 2 heterocycles. The fraction of sp³-hybridized carbons (Fsp3) is 0.875. The van der Waals surface area contributed by atoms with E-state index >= 15 is 0 Å². The molecule has 2 rings (SSSR count). The number of thioether (sulfide) groups is 1. The summed E-state index contributed by atoms with van der Waals surface area (Å²) in [5, 5.41) is 9.26. The summed E-state index contributed by atoms with van der Waals surface area (Å²) in [6, 6.07) is 0. The van der Waals surface area contributed by atoms with Crippen LogP contribution in [-0.4, -0.2) is 47.0 Å². The van der Waals surface area contributed by atoms with Crippen molar-refractivity contribution in [1.82, 2.24) is 0 Å². The first-order valence-corrected chi connectivity index (χ1v) is 5.67. The average molecular weight is 249 g/mol. The molecule has 2 fully saturated rings. The molecule has 0 unspecified atom stereocenters. The van der Waals surface area contributed by atoms with E-state index < -0.39 is 17.3 Å². The van der Waals surface area contributed by atoms with E-state index in [-0.39, 0.29) is 23.1 Å². The predicted molar refractivity (Wildman–Crippen MR) is 53.4 cm³/mol. The first-order chi connectivity index (χ1) is 7.58. The van der Waals surface area contributed by atoms with Crippen molar-refractivity contribution < 1.29 is 24.2 Å². The van der Waals surface area contributed by atoms with E-state index in [2.05, 4.69) is 4.84 Å². The average Bonchev–Trinajstić information content (AvgIpc) is 2.70. The van der Waals surface area contributed by atoms with Gasteiger partial charge < -0.3 is 14.3 Å². The van der Waals surface area contributed by atoms with Crippen LogP contribution in [0.3, 0.4) is 0 Å². The Morgan fingerprint density at radius 1 is 1.44 bits per heavy atom. The summed E-state index contributed by atoms with van der Waals surface area (Å²) in [7, 11) is 0. The molecule has 0 amide bonds. The Labute approximate surface area is 95.5 Å². The summed E-state index contributed by atoms with van der Waals surface area (Å²) in [6.45, 7) is 1.96. The van der Waals surface area contributed by atoms with Crippen LogP contribution >= 0.6 is 11.8 Å². The standard InChI is InChI=1S/C8H11NO6S/c1-4(10)16-6-3-14-7-5(15-9(11)12)2-13-8(6)7/h5-8H,2-3H2,1H3/t5-,6-,7-,8-/m1/s1. The zero-order valence-corrected chi connectivity index (χ0v) is 9.35. The maximum Gasteiger partial charge on any atom is 0.294 e. The van der Waals surface area contributed by atoms with Crippen LogP contribution in [0, 0.1) is 10.1 Å². The summed E-state index contributed by atoms with van der Waals surface area (Å²) in [4.78, 5) is 25.6. The van der Waals surface area contributed by atoms with Crippen LogP contribution in [0.2, 0.25) is 0 Å². The number of fused-ring (bicyclic) bond motifs is 1. The van der Waals surface area contributed by atoms with Crippen molar-refractivity contribution in [3.05, 3.63) is 10.1 Å². The summed E-state index contributed by atoms with van der Waals surface area (Å²) < 4.78 is 10.8. The third-order valence-corrected chi connectivity index (χ3v) is 3.54. The van der Waals surface area contributed by atoms with Gasteiger partial charge in [-0.1, -0.05) is 11.8 Å². The molecule has 7 nitrogen and oxygen atoms in total. The molecule has 2 saturated heterocycles. The van der Waals surface area contributed by atoms with Gasteiger partial charge in [0.05, 0.1) is 18.5 Å². The van der Waals surface area contributed by atoms with Crippen molar-refractivity contribution in [3.63, 3.8) is 0 Å². The van der Waals surface area contributed by atoms with Crippen LogP contribution < -0.4 is 0 Å². The number of hydrogen-bond acceptors (Lipinski definition) is 7. The van der Waals surface area contributed by atoms with E-state index in [1.165, 1.54) is 6.92 Å². The maximum atomic E-state index is 11.0. The maximum absolute atomic E-state index is 11.0. The van der Waals surface area contributed by atoms with Crippen molar-refractivity contribution in [3.8, 4) is 0 Å². The van der Waals surface area contributed by atoms with E-state index in [9.17, 15) is 14.9 Å². The largest absolute Gasteiger partial charge is 0.372 e. The minimum Gasteiger partial charge on any atom is -0.372 e. The lowest BCUT2D eigenvalue weighted by Crippen LogP contribution is -2.33. The van der Waals surface area contributed by atoms with Crippen molar-refractivity contribution in [2.75, 3.05) is 13.2 Å². The molecule has 16 heavy (non-hydrogen) atoms. The van der Waals surface area contributed by atoms with Crippen LogP contribution in [0.4, 0.5) is 0 Å². The molecule has 0 aromatic rings. The Kier molecular flexibility index (Phi) is 3.31. The molecule has 2 aliphatic heterocycles. The van der Waals surface area contributed by atoms with Crippen molar-refractivity contribution in [2.45, 2.75) is 30.5 Å². The van der Waals surface area contributed by atoms with Gasteiger partial charge in [-0.25, -0.2) is 0 Å². The minimum atomic E-state index is -0.842. The Morgan fingerprint density at radius 2 is 2.12 bits per heavy atom. The van der Waals surface area contributed by atoms with Crippen LogP contribution in [0.1, 0.15) is 6.92 Å². The fourth-order valence-electron chi connectivity index (χ4n) is 1.94. The van der Waals surface area contributed by atoms with Crippen molar-refractivity contribution in [1.29, 1.82) is 0 Å². The van der Waals surface area contributed by atoms with Gasteiger partial charge in [-0.2, -0.15) is 0 Å². The minimum absolute atomic E-state index is 0.0171. The number of ether oxygens (including phenoxy) is 2. The molecular formula is C8H11NO6S. The van der Waals surface area contributed by atoms with E-state index in [1.807, 2.05) is 0 Å². The van der Waals surface area contributed by atoms with Gasteiger partial charge in [0.25, 0.3) is 5.09 Å². The second-order valence-corrected chi connectivity index (χ2v) is 5.03. The van der Waals surface area contributed by atoms with Crippen LogP contribution in [0.15, 0.2) is 0 Å².